The number of rotatable bonds is 4. The molecule has 0 saturated carbocycles. The van der Waals surface area contributed by atoms with Crippen molar-refractivity contribution in [1.29, 1.82) is 0 Å². The van der Waals surface area contributed by atoms with Crippen LogP contribution in [0.1, 0.15) is 25.0 Å². The maximum absolute atomic E-state index is 6.29. The summed E-state index contributed by atoms with van der Waals surface area (Å²) in [4.78, 5) is 20.2. The predicted octanol–water partition coefficient (Wildman–Crippen LogP) is 10.4. The van der Waals surface area contributed by atoms with Crippen LogP contribution < -0.4 is 0 Å². The number of benzene rings is 6. The van der Waals surface area contributed by atoms with Gasteiger partial charge in [0.25, 0.3) is 0 Å². The fourth-order valence-corrected chi connectivity index (χ4v) is 7.45. The van der Waals surface area contributed by atoms with Crippen LogP contribution in [0.5, 0.6) is 0 Å². The van der Waals surface area contributed by atoms with Gasteiger partial charge in [-0.15, -0.1) is 0 Å². The summed E-state index contributed by atoms with van der Waals surface area (Å²) in [6, 6.07) is 48.0. The van der Waals surface area contributed by atoms with Crippen molar-refractivity contribution in [3.8, 4) is 51.3 Å². The molecule has 3 heterocycles. The number of hydrogen-bond acceptors (Lipinski definition) is 5. The molecule has 0 atom stereocenters. The van der Waals surface area contributed by atoms with Crippen LogP contribution in [0.15, 0.2) is 144 Å². The summed E-state index contributed by atoms with van der Waals surface area (Å²) in [6.07, 6.45) is 0. The third-order valence-electron chi connectivity index (χ3n) is 9.90. The van der Waals surface area contributed by atoms with E-state index in [1.165, 1.54) is 22.3 Å². The van der Waals surface area contributed by atoms with Crippen LogP contribution in [-0.4, -0.2) is 24.5 Å². The topological polar surface area (TPSA) is 69.6 Å². The minimum atomic E-state index is -0.278. The molecule has 6 nitrogen and oxygen atoms in total. The third kappa shape index (κ3) is 4.20. The van der Waals surface area contributed by atoms with E-state index in [0.717, 1.165) is 49.6 Å². The zero-order chi connectivity index (χ0) is 32.7. The quantitative estimate of drug-likeness (QED) is 0.193. The number of oxazole rings is 1. The van der Waals surface area contributed by atoms with Gasteiger partial charge >= 0.3 is 0 Å². The lowest BCUT2D eigenvalue weighted by Crippen LogP contribution is -2.15. The molecule has 0 amide bonds. The van der Waals surface area contributed by atoms with E-state index in [9.17, 15) is 0 Å². The van der Waals surface area contributed by atoms with Gasteiger partial charge in [-0.1, -0.05) is 111 Å². The average molecular weight is 632 g/mol. The normalized spacial score (nSPS) is 13.3. The summed E-state index contributed by atoms with van der Waals surface area (Å²) in [5, 5.41) is 2.32. The van der Waals surface area contributed by atoms with Gasteiger partial charge in [0.15, 0.2) is 17.2 Å². The van der Waals surface area contributed by atoms with Crippen LogP contribution in [0.25, 0.3) is 84.2 Å². The first-order chi connectivity index (χ1) is 24.0. The van der Waals surface area contributed by atoms with Gasteiger partial charge in [0, 0.05) is 32.9 Å². The molecule has 0 fully saturated rings. The number of hydrogen-bond donors (Lipinski definition) is 0. The molecular formula is C43H29N5O. The molecule has 1 aliphatic carbocycles. The highest BCUT2D eigenvalue weighted by molar-refractivity contribution is 6.09. The van der Waals surface area contributed by atoms with Gasteiger partial charge in [-0.2, -0.15) is 9.97 Å². The number of fused-ring (bicyclic) bond motifs is 7. The Balaban J connectivity index is 1.15. The lowest BCUT2D eigenvalue weighted by atomic mass is 9.82. The lowest BCUT2D eigenvalue weighted by molar-refractivity contribution is 0.614. The SMILES string of the molecule is CC1(C)c2cc(-c3nc(-c4ccccc4)nc(-n4c5ccccc5c5ccccc54)n3)ccc2-c2cc3nc(-c4ccccc4)oc3cc21. The molecule has 6 heteroatoms. The zero-order valence-electron chi connectivity index (χ0n) is 26.9. The largest absolute Gasteiger partial charge is 0.436 e. The molecule has 0 aliphatic heterocycles. The van der Waals surface area contributed by atoms with Crippen LogP contribution >= 0.6 is 0 Å². The smallest absolute Gasteiger partial charge is 0.238 e. The maximum atomic E-state index is 6.29. The minimum Gasteiger partial charge on any atom is -0.436 e. The Kier molecular flexibility index (Phi) is 5.82. The second-order valence-electron chi connectivity index (χ2n) is 13.2. The first-order valence-corrected chi connectivity index (χ1v) is 16.5. The standard InChI is InChI=1S/C43H29N5O/c1-43(2)33-23-28(21-22-29(33)32-24-35-38(25-34(32)43)49-41(44-35)27-15-7-4-8-16-27)40-45-39(26-13-5-3-6-14-26)46-42(47-40)48-36-19-11-9-17-30(36)31-18-10-12-20-37(31)48/h3-25H,1-2H3. The van der Waals surface area contributed by atoms with E-state index in [2.05, 4.69) is 97.3 Å². The molecule has 0 radical (unpaired) electrons. The van der Waals surface area contributed by atoms with E-state index in [0.29, 0.717) is 23.5 Å². The van der Waals surface area contributed by atoms with Crippen molar-refractivity contribution in [3.63, 3.8) is 0 Å². The summed E-state index contributed by atoms with van der Waals surface area (Å²) in [5.41, 5.74) is 11.1. The van der Waals surface area contributed by atoms with Crippen molar-refractivity contribution in [3.05, 3.63) is 151 Å². The minimum absolute atomic E-state index is 0.278. The van der Waals surface area contributed by atoms with Gasteiger partial charge in [-0.3, -0.25) is 4.57 Å². The highest BCUT2D eigenvalue weighted by Crippen LogP contribution is 2.51. The fourth-order valence-electron chi connectivity index (χ4n) is 7.45. The molecule has 232 valence electrons. The van der Waals surface area contributed by atoms with Crippen LogP contribution in [0, 0.1) is 0 Å². The molecule has 9 aromatic rings. The third-order valence-corrected chi connectivity index (χ3v) is 9.90. The van der Waals surface area contributed by atoms with Crippen molar-refractivity contribution >= 4 is 32.9 Å². The molecule has 0 N–H and O–H groups in total. The Bertz CT molecular complexity index is 2690. The van der Waals surface area contributed by atoms with Gasteiger partial charge in [0.1, 0.15) is 5.52 Å². The van der Waals surface area contributed by atoms with E-state index < -0.39 is 0 Å². The van der Waals surface area contributed by atoms with Crippen LogP contribution in [0.4, 0.5) is 0 Å². The molecule has 6 aromatic carbocycles. The maximum Gasteiger partial charge on any atom is 0.238 e. The summed E-state index contributed by atoms with van der Waals surface area (Å²) in [5.74, 6) is 2.48. The summed E-state index contributed by atoms with van der Waals surface area (Å²) in [6.45, 7) is 4.54. The molecule has 0 bridgehead atoms. The summed E-state index contributed by atoms with van der Waals surface area (Å²) < 4.78 is 8.44. The molecule has 1 aliphatic rings. The van der Waals surface area contributed by atoms with Crippen LogP contribution in [-0.2, 0) is 5.41 Å². The second-order valence-corrected chi connectivity index (χ2v) is 13.2. The number of aromatic nitrogens is 5. The van der Waals surface area contributed by atoms with Gasteiger partial charge < -0.3 is 4.42 Å². The van der Waals surface area contributed by atoms with Gasteiger partial charge in [-0.25, -0.2) is 9.97 Å². The Labute approximate surface area is 282 Å². The second kappa shape index (κ2) is 10.3. The van der Waals surface area contributed by atoms with Crippen molar-refractivity contribution < 1.29 is 4.42 Å². The van der Waals surface area contributed by atoms with Crippen molar-refractivity contribution in [1.82, 2.24) is 24.5 Å². The number of para-hydroxylation sites is 2. The summed E-state index contributed by atoms with van der Waals surface area (Å²) >= 11 is 0. The first kappa shape index (κ1) is 27.7. The van der Waals surface area contributed by atoms with Crippen LogP contribution in [0.2, 0.25) is 0 Å². The number of nitrogens with zero attached hydrogens (tertiary/aromatic N) is 5. The molecule has 0 spiro atoms. The van der Waals surface area contributed by atoms with E-state index >= 15 is 0 Å². The summed E-state index contributed by atoms with van der Waals surface area (Å²) in [7, 11) is 0. The monoisotopic (exact) mass is 631 g/mol. The highest BCUT2D eigenvalue weighted by Gasteiger charge is 2.37. The van der Waals surface area contributed by atoms with Crippen molar-refractivity contribution in [2.75, 3.05) is 0 Å². The predicted molar refractivity (Wildman–Crippen MR) is 196 cm³/mol. The molecule has 3 aromatic heterocycles. The fraction of sp³-hybridized carbons (Fsp3) is 0.0698. The molecule has 0 unspecified atom stereocenters. The highest BCUT2D eigenvalue weighted by atomic mass is 16.3. The van der Waals surface area contributed by atoms with E-state index in [-0.39, 0.29) is 5.41 Å². The molecular weight excluding hydrogens is 603 g/mol. The van der Waals surface area contributed by atoms with Gasteiger partial charge in [0.05, 0.1) is 11.0 Å². The zero-order valence-corrected chi connectivity index (χ0v) is 26.9. The molecule has 0 saturated heterocycles. The Hall–Kier alpha value is -6.40. The van der Waals surface area contributed by atoms with E-state index in [4.69, 9.17) is 24.4 Å². The van der Waals surface area contributed by atoms with Gasteiger partial charge in [-0.05, 0) is 64.7 Å². The van der Waals surface area contributed by atoms with Crippen molar-refractivity contribution in [2.45, 2.75) is 19.3 Å². The molecule has 10 rings (SSSR count). The Morgan fingerprint density at radius 2 is 1.10 bits per heavy atom. The van der Waals surface area contributed by atoms with E-state index in [1.54, 1.807) is 0 Å². The van der Waals surface area contributed by atoms with E-state index in [1.807, 2.05) is 60.7 Å². The van der Waals surface area contributed by atoms with Gasteiger partial charge in [0.2, 0.25) is 11.8 Å². The Morgan fingerprint density at radius 3 is 1.80 bits per heavy atom. The van der Waals surface area contributed by atoms with Crippen molar-refractivity contribution in [2.24, 2.45) is 0 Å². The lowest BCUT2D eigenvalue weighted by Gasteiger charge is -2.21. The average Bonchev–Trinajstić information content (AvgIpc) is 3.79. The Morgan fingerprint density at radius 1 is 0.510 bits per heavy atom. The first-order valence-electron chi connectivity index (χ1n) is 16.5. The molecule has 49 heavy (non-hydrogen) atoms. The van der Waals surface area contributed by atoms with Crippen LogP contribution in [0.3, 0.4) is 0 Å².